The van der Waals surface area contributed by atoms with Crippen LogP contribution in [0.25, 0.3) is 11.1 Å². The summed E-state index contributed by atoms with van der Waals surface area (Å²) in [6.07, 6.45) is 1.78. The van der Waals surface area contributed by atoms with Crippen molar-refractivity contribution >= 4 is 0 Å². The molecule has 1 aromatic carbocycles. The molecule has 0 saturated carbocycles. The summed E-state index contributed by atoms with van der Waals surface area (Å²) in [5, 5.41) is 0. The number of hydrogen-bond donors (Lipinski definition) is 1. The van der Waals surface area contributed by atoms with Gasteiger partial charge in [0.25, 0.3) is 0 Å². The van der Waals surface area contributed by atoms with Crippen LogP contribution in [-0.4, -0.2) is 4.98 Å². The smallest absolute Gasteiger partial charge is 0.0617 e. The molecule has 0 unspecified atom stereocenters. The fourth-order valence-corrected chi connectivity index (χ4v) is 1.60. The molecule has 76 valence electrons. The minimum absolute atomic E-state index is 0.476. The highest BCUT2D eigenvalue weighted by Crippen LogP contribution is 2.21. The van der Waals surface area contributed by atoms with Gasteiger partial charge in [0.1, 0.15) is 0 Å². The Kier molecular flexibility index (Phi) is 2.79. The molecule has 0 spiro atoms. The molecule has 2 N–H and O–H groups in total. The number of rotatable bonds is 2. The Labute approximate surface area is 89.8 Å². The molecule has 0 atom stereocenters. The Bertz CT molecular complexity index is 446. The van der Waals surface area contributed by atoms with Gasteiger partial charge in [-0.05, 0) is 18.6 Å². The Morgan fingerprint density at radius 2 is 1.87 bits per heavy atom. The lowest BCUT2D eigenvalue weighted by Gasteiger charge is -2.06. The first-order chi connectivity index (χ1) is 7.31. The highest BCUT2D eigenvalue weighted by molar-refractivity contribution is 5.65. The van der Waals surface area contributed by atoms with Crippen molar-refractivity contribution in [3.05, 3.63) is 53.9 Å². The second-order valence-electron chi connectivity index (χ2n) is 3.57. The topological polar surface area (TPSA) is 38.9 Å². The fourth-order valence-electron chi connectivity index (χ4n) is 1.60. The van der Waals surface area contributed by atoms with Crippen LogP contribution in [0.4, 0.5) is 0 Å². The van der Waals surface area contributed by atoms with Gasteiger partial charge in [0.05, 0.1) is 5.69 Å². The van der Waals surface area contributed by atoms with Gasteiger partial charge in [-0.25, -0.2) is 0 Å². The van der Waals surface area contributed by atoms with Crippen molar-refractivity contribution in [3.63, 3.8) is 0 Å². The zero-order valence-electron chi connectivity index (χ0n) is 8.77. The van der Waals surface area contributed by atoms with E-state index in [4.69, 9.17) is 5.73 Å². The maximum Gasteiger partial charge on any atom is 0.0617 e. The lowest BCUT2D eigenvalue weighted by molar-refractivity contribution is 0.994. The first kappa shape index (κ1) is 9.87. The van der Waals surface area contributed by atoms with E-state index in [1.165, 1.54) is 11.1 Å². The van der Waals surface area contributed by atoms with E-state index in [-0.39, 0.29) is 0 Å². The van der Waals surface area contributed by atoms with E-state index in [1.807, 2.05) is 6.07 Å². The van der Waals surface area contributed by atoms with E-state index in [1.54, 1.807) is 6.20 Å². The van der Waals surface area contributed by atoms with Crippen molar-refractivity contribution in [2.24, 2.45) is 5.73 Å². The fraction of sp³-hybridized carbons (Fsp3) is 0.154. The highest BCUT2D eigenvalue weighted by Gasteiger charge is 2.03. The quantitative estimate of drug-likeness (QED) is 0.805. The predicted molar refractivity (Wildman–Crippen MR) is 62.3 cm³/mol. The molecule has 0 fully saturated rings. The van der Waals surface area contributed by atoms with E-state index >= 15 is 0 Å². The van der Waals surface area contributed by atoms with Gasteiger partial charge in [-0.15, -0.1) is 0 Å². The molecule has 2 aromatic rings. The van der Waals surface area contributed by atoms with E-state index in [2.05, 4.69) is 42.2 Å². The van der Waals surface area contributed by atoms with Crippen molar-refractivity contribution in [2.45, 2.75) is 13.5 Å². The first-order valence-corrected chi connectivity index (χ1v) is 5.02. The summed E-state index contributed by atoms with van der Waals surface area (Å²) in [5.41, 5.74) is 10.2. The molecule has 0 aliphatic carbocycles. The zero-order chi connectivity index (χ0) is 10.7. The number of nitrogens with zero attached hydrogens (tertiary/aromatic N) is 1. The summed E-state index contributed by atoms with van der Waals surface area (Å²) in [6.45, 7) is 2.56. The van der Waals surface area contributed by atoms with Crippen LogP contribution in [-0.2, 0) is 6.54 Å². The van der Waals surface area contributed by atoms with Crippen LogP contribution >= 0.6 is 0 Å². The summed E-state index contributed by atoms with van der Waals surface area (Å²) in [4.78, 5) is 4.27. The summed E-state index contributed by atoms with van der Waals surface area (Å²) in [5.74, 6) is 0. The molecule has 0 bridgehead atoms. The van der Waals surface area contributed by atoms with Gasteiger partial charge < -0.3 is 5.73 Å². The van der Waals surface area contributed by atoms with Crippen molar-refractivity contribution in [2.75, 3.05) is 0 Å². The van der Waals surface area contributed by atoms with Crippen LogP contribution < -0.4 is 5.73 Å². The molecule has 1 heterocycles. The molecular weight excluding hydrogens is 184 g/mol. The first-order valence-electron chi connectivity index (χ1n) is 5.02. The van der Waals surface area contributed by atoms with Gasteiger partial charge in [-0.1, -0.05) is 35.9 Å². The molecule has 2 heteroatoms. The second-order valence-corrected chi connectivity index (χ2v) is 3.57. The average Bonchev–Trinajstić information content (AvgIpc) is 2.30. The third-order valence-corrected chi connectivity index (χ3v) is 2.45. The largest absolute Gasteiger partial charge is 0.325 e. The Morgan fingerprint density at radius 1 is 1.13 bits per heavy atom. The minimum atomic E-state index is 0.476. The summed E-state index contributed by atoms with van der Waals surface area (Å²) >= 11 is 0. The molecule has 0 aliphatic rings. The van der Waals surface area contributed by atoms with E-state index in [0.717, 1.165) is 11.3 Å². The SMILES string of the molecule is Cc1ccc(-c2cccnc2CN)cc1. The third kappa shape index (κ3) is 2.05. The van der Waals surface area contributed by atoms with Crippen LogP contribution in [0.5, 0.6) is 0 Å². The van der Waals surface area contributed by atoms with Gasteiger partial charge in [0.15, 0.2) is 0 Å². The van der Waals surface area contributed by atoms with Gasteiger partial charge >= 0.3 is 0 Å². The molecular formula is C13H14N2. The number of benzene rings is 1. The predicted octanol–water partition coefficient (Wildman–Crippen LogP) is 2.52. The lowest BCUT2D eigenvalue weighted by Crippen LogP contribution is -2.01. The van der Waals surface area contributed by atoms with E-state index in [0.29, 0.717) is 6.54 Å². The Morgan fingerprint density at radius 3 is 2.53 bits per heavy atom. The van der Waals surface area contributed by atoms with Crippen molar-refractivity contribution in [3.8, 4) is 11.1 Å². The maximum atomic E-state index is 5.66. The van der Waals surface area contributed by atoms with Crippen molar-refractivity contribution in [1.29, 1.82) is 0 Å². The number of aromatic nitrogens is 1. The van der Waals surface area contributed by atoms with Crippen molar-refractivity contribution < 1.29 is 0 Å². The average molecular weight is 198 g/mol. The molecule has 0 radical (unpaired) electrons. The second kappa shape index (κ2) is 4.24. The molecule has 2 rings (SSSR count). The monoisotopic (exact) mass is 198 g/mol. The molecule has 15 heavy (non-hydrogen) atoms. The highest BCUT2D eigenvalue weighted by atomic mass is 14.7. The standard InChI is InChI=1S/C13H14N2/c1-10-4-6-11(7-5-10)12-3-2-8-15-13(12)9-14/h2-8H,9,14H2,1H3. The maximum absolute atomic E-state index is 5.66. The van der Waals surface area contributed by atoms with Crippen LogP contribution in [0.15, 0.2) is 42.6 Å². The summed E-state index contributed by atoms with van der Waals surface area (Å²) in [6, 6.07) is 12.4. The molecule has 2 nitrogen and oxygen atoms in total. The number of pyridine rings is 1. The van der Waals surface area contributed by atoms with Crippen LogP contribution in [0.3, 0.4) is 0 Å². The lowest BCUT2D eigenvalue weighted by atomic mass is 10.0. The van der Waals surface area contributed by atoms with E-state index in [9.17, 15) is 0 Å². The molecule has 1 aromatic heterocycles. The molecule has 0 saturated heterocycles. The van der Waals surface area contributed by atoms with Crippen LogP contribution in [0.1, 0.15) is 11.3 Å². The molecule has 0 amide bonds. The van der Waals surface area contributed by atoms with Crippen LogP contribution in [0.2, 0.25) is 0 Å². The Hall–Kier alpha value is -1.67. The normalized spacial score (nSPS) is 10.3. The number of aryl methyl sites for hydroxylation is 1. The third-order valence-electron chi connectivity index (χ3n) is 2.45. The van der Waals surface area contributed by atoms with Crippen LogP contribution in [0, 0.1) is 6.92 Å². The summed E-state index contributed by atoms with van der Waals surface area (Å²) in [7, 11) is 0. The zero-order valence-corrected chi connectivity index (χ0v) is 8.77. The Balaban J connectivity index is 2.49. The number of nitrogens with two attached hydrogens (primary N) is 1. The van der Waals surface area contributed by atoms with Gasteiger partial charge in [-0.3, -0.25) is 4.98 Å². The van der Waals surface area contributed by atoms with Gasteiger partial charge in [-0.2, -0.15) is 0 Å². The van der Waals surface area contributed by atoms with Crippen molar-refractivity contribution in [1.82, 2.24) is 4.98 Å². The van der Waals surface area contributed by atoms with Gasteiger partial charge in [0, 0.05) is 18.3 Å². The summed E-state index contributed by atoms with van der Waals surface area (Å²) < 4.78 is 0. The molecule has 0 aliphatic heterocycles. The van der Waals surface area contributed by atoms with Gasteiger partial charge in [0.2, 0.25) is 0 Å². The number of hydrogen-bond acceptors (Lipinski definition) is 2. The van der Waals surface area contributed by atoms with E-state index < -0.39 is 0 Å². The minimum Gasteiger partial charge on any atom is -0.325 e.